The van der Waals surface area contributed by atoms with E-state index in [9.17, 15) is 4.79 Å². The molecule has 1 saturated heterocycles. The van der Waals surface area contributed by atoms with Gasteiger partial charge in [0.1, 0.15) is 5.75 Å². The summed E-state index contributed by atoms with van der Waals surface area (Å²) in [6.45, 7) is 7.05. The maximum atomic E-state index is 11.4. The minimum absolute atomic E-state index is 0.110. The molecule has 1 aliphatic rings. The predicted molar refractivity (Wildman–Crippen MR) is 95.2 cm³/mol. The molecule has 3 rings (SSSR count). The highest BCUT2D eigenvalue weighted by Crippen LogP contribution is 2.19. The number of benzene rings is 1. The summed E-state index contributed by atoms with van der Waals surface area (Å²) in [6, 6.07) is 7.60. The third-order valence-corrected chi connectivity index (χ3v) is 4.02. The number of hydrogen-bond donors (Lipinski definition) is 1. The highest BCUT2D eigenvalue weighted by molar-refractivity contribution is 5.73. The van der Waals surface area contributed by atoms with Gasteiger partial charge < -0.3 is 19.9 Å². The van der Waals surface area contributed by atoms with E-state index in [0.717, 1.165) is 30.3 Å². The van der Waals surface area contributed by atoms with E-state index in [1.54, 1.807) is 13.1 Å². The third kappa shape index (κ3) is 4.34. The lowest BCUT2D eigenvalue weighted by atomic mass is 10.3. The molecule has 0 bridgehead atoms. The van der Waals surface area contributed by atoms with Gasteiger partial charge in [0.25, 0.3) is 0 Å². The Bertz CT molecular complexity index is 713. The van der Waals surface area contributed by atoms with Gasteiger partial charge >= 0.3 is 0 Å². The van der Waals surface area contributed by atoms with Gasteiger partial charge in [-0.15, -0.1) is 5.10 Å². The van der Waals surface area contributed by atoms with Crippen molar-refractivity contribution in [3.05, 3.63) is 30.5 Å². The topological polar surface area (TPSA) is 83.5 Å². The number of aromatic nitrogens is 3. The largest absolute Gasteiger partial charge is 0.494 e. The molecule has 1 N–H and O–H groups in total. The van der Waals surface area contributed by atoms with Crippen LogP contribution in [0.2, 0.25) is 0 Å². The van der Waals surface area contributed by atoms with Gasteiger partial charge in [-0.1, -0.05) is 0 Å². The van der Waals surface area contributed by atoms with Gasteiger partial charge in [-0.2, -0.15) is 10.1 Å². The number of amides is 1. The van der Waals surface area contributed by atoms with E-state index >= 15 is 0 Å². The zero-order valence-corrected chi connectivity index (χ0v) is 14.5. The monoisotopic (exact) mass is 342 g/mol. The molecule has 0 aliphatic carbocycles. The van der Waals surface area contributed by atoms with Crippen LogP contribution in [0.4, 0.5) is 17.5 Å². The van der Waals surface area contributed by atoms with Crippen molar-refractivity contribution in [2.75, 3.05) is 43.0 Å². The molecule has 1 fully saturated rings. The Hall–Kier alpha value is -2.90. The fraction of sp³-hybridized carbons (Fsp3) is 0.412. The van der Waals surface area contributed by atoms with E-state index in [1.807, 2.05) is 36.1 Å². The van der Waals surface area contributed by atoms with Crippen molar-refractivity contribution in [2.45, 2.75) is 13.8 Å². The Morgan fingerprint density at radius 2 is 1.92 bits per heavy atom. The first kappa shape index (κ1) is 16.9. The number of rotatable bonds is 5. The molecule has 1 amide bonds. The minimum Gasteiger partial charge on any atom is -0.494 e. The maximum Gasteiger partial charge on any atom is 0.249 e. The molecule has 2 aromatic rings. The van der Waals surface area contributed by atoms with Crippen LogP contribution >= 0.6 is 0 Å². The summed E-state index contributed by atoms with van der Waals surface area (Å²) in [5, 5.41) is 11.2. The second-order valence-electron chi connectivity index (χ2n) is 5.71. The molecular weight excluding hydrogens is 320 g/mol. The van der Waals surface area contributed by atoms with Crippen molar-refractivity contribution in [3.63, 3.8) is 0 Å². The average Bonchev–Trinajstić information content (AvgIpc) is 2.64. The summed E-state index contributed by atoms with van der Waals surface area (Å²) in [4.78, 5) is 19.9. The van der Waals surface area contributed by atoms with Gasteiger partial charge in [-0.05, 0) is 31.2 Å². The minimum atomic E-state index is 0.110. The van der Waals surface area contributed by atoms with E-state index in [2.05, 4.69) is 25.4 Å². The quantitative estimate of drug-likeness (QED) is 0.885. The molecule has 1 aromatic carbocycles. The van der Waals surface area contributed by atoms with Crippen LogP contribution in [0.3, 0.4) is 0 Å². The summed E-state index contributed by atoms with van der Waals surface area (Å²) in [5.74, 6) is 2.13. The molecule has 0 spiro atoms. The van der Waals surface area contributed by atoms with Gasteiger partial charge in [0.05, 0.1) is 12.8 Å². The number of carbonyl (C=O) groups excluding carboxylic acids is 1. The highest BCUT2D eigenvalue weighted by atomic mass is 16.5. The van der Waals surface area contributed by atoms with Gasteiger partial charge in [0.2, 0.25) is 11.9 Å². The molecule has 0 radical (unpaired) electrons. The molecular formula is C17H22N6O2. The van der Waals surface area contributed by atoms with E-state index in [0.29, 0.717) is 25.6 Å². The van der Waals surface area contributed by atoms with Crippen LogP contribution in [-0.4, -0.2) is 58.8 Å². The Balaban J connectivity index is 1.64. The number of carbonyl (C=O) groups is 1. The molecule has 8 nitrogen and oxygen atoms in total. The van der Waals surface area contributed by atoms with E-state index in [-0.39, 0.29) is 5.91 Å². The third-order valence-electron chi connectivity index (χ3n) is 4.02. The lowest BCUT2D eigenvalue weighted by Crippen LogP contribution is -2.48. The number of ether oxygens (including phenoxy) is 1. The number of nitrogens with one attached hydrogen (secondary N) is 1. The second-order valence-corrected chi connectivity index (χ2v) is 5.71. The fourth-order valence-electron chi connectivity index (χ4n) is 2.68. The summed E-state index contributed by atoms with van der Waals surface area (Å²) in [6.07, 6.45) is 1.65. The molecule has 0 saturated carbocycles. The number of hydrogen-bond acceptors (Lipinski definition) is 7. The number of anilines is 3. The average molecular weight is 342 g/mol. The van der Waals surface area contributed by atoms with Crippen molar-refractivity contribution in [1.29, 1.82) is 0 Å². The van der Waals surface area contributed by atoms with Crippen LogP contribution in [0.5, 0.6) is 5.75 Å². The van der Waals surface area contributed by atoms with Gasteiger partial charge in [-0.25, -0.2) is 0 Å². The predicted octanol–water partition coefficient (Wildman–Crippen LogP) is 1.68. The maximum absolute atomic E-state index is 11.4. The van der Waals surface area contributed by atoms with Crippen molar-refractivity contribution in [1.82, 2.24) is 20.1 Å². The smallest absolute Gasteiger partial charge is 0.249 e. The summed E-state index contributed by atoms with van der Waals surface area (Å²) < 4.78 is 5.43. The zero-order chi connectivity index (χ0) is 17.6. The van der Waals surface area contributed by atoms with Crippen LogP contribution < -0.4 is 15.0 Å². The molecule has 0 atom stereocenters. The van der Waals surface area contributed by atoms with E-state index in [4.69, 9.17) is 4.74 Å². The Morgan fingerprint density at radius 1 is 1.20 bits per heavy atom. The Kier molecular flexibility index (Phi) is 5.27. The molecule has 1 aliphatic heterocycles. The molecule has 25 heavy (non-hydrogen) atoms. The van der Waals surface area contributed by atoms with Crippen LogP contribution in [0, 0.1) is 0 Å². The van der Waals surface area contributed by atoms with Crippen LogP contribution in [0.15, 0.2) is 30.5 Å². The lowest BCUT2D eigenvalue weighted by molar-refractivity contribution is -0.129. The first-order chi connectivity index (χ1) is 12.2. The number of piperazine rings is 1. The van der Waals surface area contributed by atoms with Crippen molar-refractivity contribution in [3.8, 4) is 5.75 Å². The van der Waals surface area contributed by atoms with Crippen molar-refractivity contribution < 1.29 is 9.53 Å². The van der Waals surface area contributed by atoms with Gasteiger partial charge in [0.15, 0.2) is 5.82 Å². The van der Waals surface area contributed by atoms with Gasteiger partial charge in [-0.3, -0.25) is 4.79 Å². The zero-order valence-electron chi connectivity index (χ0n) is 14.5. The first-order valence-electron chi connectivity index (χ1n) is 8.36. The Labute approximate surface area is 146 Å². The van der Waals surface area contributed by atoms with E-state index in [1.165, 1.54) is 0 Å². The SMILES string of the molecule is CCOc1ccc(Nc2nncc(N3CCN(C(C)=O)CC3)n2)cc1. The molecule has 0 unspecified atom stereocenters. The molecule has 8 heteroatoms. The van der Waals surface area contributed by atoms with Crippen LogP contribution in [0.25, 0.3) is 0 Å². The van der Waals surface area contributed by atoms with Crippen LogP contribution in [0.1, 0.15) is 13.8 Å². The van der Waals surface area contributed by atoms with Crippen molar-refractivity contribution in [2.24, 2.45) is 0 Å². The summed E-state index contributed by atoms with van der Waals surface area (Å²) in [5.41, 5.74) is 0.865. The number of nitrogens with zero attached hydrogens (tertiary/aromatic N) is 5. The fourth-order valence-corrected chi connectivity index (χ4v) is 2.68. The molecule has 132 valence electrons. The lowest BCUT2D eigenvalue weighted by Gasteiger charge is -2.34. The summed E-state index contributed by atoms with van der Waals surface area (Å²) >= 11 is 0. The standard InChI is InChI=1S/C17H22N6O2/c1-3-25-15-6-4-14(5-7-15)19-17-20-16(12-18-21-17)23-10-8-22(9-11-23)13(2)24/h4-7,12H,3,8-11H2,1-2H3,(H,19,20,21). The normalized spacial score (nSPS) is 14.3. The molecule has 2 heterocycles. The highest BCUT2D eigenvalue weighted by Gasteiger charge is 2.20. The molecule has 1 aromatic heterocycles. The summed E-state index contributed by atoms with van der Waals surface area (Å²) in [7, 11) is 0. The van der Waals surface area contributed by atoms with Crippen molar-refractivity contribution >= 4 is 23.4 Å². The van der Waals surface area contributed by atoms with Gasteiger partial charge in [0, 0.05) is 38.8 Å². The van der Waals surface area contributed by atoms with E-state index < -0.39 is 0 Å². The van der Waals surface area contributed by atoms with Crippen LogP contribution in [-0.2, 0) is 4.79 Å². The second kappa shape index (κ2) is 7.78. The Morgan fingerprint density at radius 3 is 2.56 bits per heavy atom. The first-order valence-corrected chi connectivity index (χ1v) is 8.36.